The lowest BCUT2D eigenvalue weighted by Crippen LogP contribution is -2.48. The van der Waals surface area contributed by atoms with Crippen molar-refractivity contribution in [3.05, 3.63) is 35.2 Å². The molecule has 0 unspecified atom stereocenters. The minimum atomic E-state index is -0.976. The SMILES string of the molecule is O=C(CCN1C(=O)NC2(CCCCC2)C1=O)Nc1nc(-c2ccc(F)c(F)c2)cs1. The Balaban J connectivity index is 1.34. The summed E-state index contributed by atoms with van der Waals surface area (Å²) in [6.45, 7) is -0.0142. The van der Waals surface area contributed by atoms with Crippen molar-refractivity contribution < 1.29 is 23.2 Å². The van der Waals surface area contributed by atoms with Crippen molar-refractivity contribution in [2.75, 3.05) is 11.9 Å². The molecule has 7 nitrogen and oxygen atoms in total. The molecule has 1 aliphatic heterocycles. The summed E-state index contributed by atoms with van der Waals surface area (Å²) in [7, 11) is 0. The molecule has 1 saturated carbocycles. The van der Waals surface area contributed by atoms with Gasteiger partial charge in [-0.25, -0.2) is 18.6 Å². The summed E-state index contributed by atoms with van der Waals surface area (Å²) in [5.74, 6) is -2.57. The van der Waals surface area contributed by atoms with Crippen LogP contribution in [0.3, 0.4) is 0 Å². The Labute approximate surface area is 175 Å². The molecule has 2 aliphatic rings. The van der Waals surface area contributed by atoms with Gasteiger partial charge >= 0.3 is 6.03 Å². The van der Waals surface area contributed by atoms with Crippen LogP contribution < -0.4 is 10.6 Å². The third-order valence-corrected chi connectivity index (χ3v) is 6.24. The largest absolute Gasteiger partial charge is 0.325 e. The average molecular weight is 434 g/mol. The number of amides is 4. The van der Waals surface area contributed by atoms with Crippen molar-refractivity contribution in [3.63, 3.8) is 0 Å². The number of urea groups is 1. The number of thiazole rings is 1. The van der Waals surface area contributed by atoms with E-state index in [9.17, 15) is 23.2 Å². The molecule has 10 heteroatoms. The Kier molecular flexibility index (Phi) is 5.50. The van der Waals surface area contributed by atoms with Gasteiger partial charge in [0.2, 0.25) is 5.91 Å². The van der Waals surface area contributed by atoms with Gasteiger partial charge in [0.1, 0.15) is 5.54 Å². The van der Waals surface area contributed by atoms with Crippen LogP contribution in [-0.2, 0) is 9.59 Å². The second-order valence-electron chi connectivity index (χ2n) is 7.49. The highest BCUT2D eigenvalue weighted by molar-refractivity contribution is 7.14. The average Bonchev–Trinajstić information content (AvgIpc) is 3.26. The Hall–Kier alpha value is -2.88. The maximum absolute atomic E-state index is 13.4. The van der Waals surface area contributed by atoms with Crippen LogP contribution in [0.15, 0.2) is 23.6 Å². The maximum Gasteiger partial charge on any atom is 0.325 e. The normalized spacial score (nSPS) is 18.0. The first-order valence-corrected chi connectivity index (χ1v) is 10.6. The number of carbonyl (C=O) groups excluding carboxylic acids is 3. The number of nitrogens with one attached hydrogen (secondary N) is 2. The summed E-state index contributed by atoms with van der Waals surface area (Å²) in [5.41, 5.74) is -0.00853. The van der Waals surface area contributed by atoms with Gasteiger partial charge in [-0.1, -0.05) is 19.3 Å². The predicted molar refractivity (Wildman–Crippen MR) is 107 cm³/mol. The minimum absolute atomic E-state index is 0.0142. The zero-order chi connectivity index (χ0) is 21.3. The molecule has 2 heterocycles. The van der Waals surface area contributed by atoms with Crippen LogP contribution in [0.25, 0.3) is 11.3 Å². The standard InChI is InChI=1S/C20H20F2N4O3S/c21-13-5-4-12(10-14(13)22)15-11-30-18(23-15)24-16(27)6-9-26-17(28)20(25-19(26)29)7-2-1-3-8-20/h4-5,10-11H,1-3,6-9H2,(H,25,29)(H,23,24,27). The fourth-order valence-corrected chi connectivity index (χ4v) is 4.62. The summed E-state index contributed by atoms with van der Waals surface area (Å²) < 4.78 is 26.5. The van der Waals surface area contributed by atoms with E-state index >= 15 is 0 Å². The number of carbonyl (C=O) groups is 3. The number of hydrogen-bond acceptors (Lipinski definition) is 5. The van der Waals surface area contributed by atoms with Crippen molar-refractivity contribution in [2.24, 2.45) is 0 Å². The second kappa shape index (κ2) is 8.10. The van der Waals surface area contributed by atoms with E-state index in [-0.39, 0.29) is 18.9 Å². The van der Waals surface area contributed by atoms with Crippen LogP contribution in [0.4, 0.5) is 18.7 Å². The van der Waals surface area contributed by atoms with Gasteiger partial charge in [-0.3, -0.25) is 14.5 Å². The maximum atomic E-state index is 13.4. The van der Waals surface area contributed by atoms with Crippen LogP contribution in [0.2, 0.25) is 0 Å². The summed E-state index contributed by atoms with van der Waals surface area (Å²) >= 11 is 1.14. The second-order valence-corrected chi connectivity index (χ2v) is 8.35. The highest BCUT2D eigenvalue weighted by Crippen LogP contribution is 2.33. The molecule has 2 fully saturated rings. The number of rotatable bonds is 5. The molecule has 2 N–H and O–H groups in total. The lowest BCUT2D eigenvalue weighted by atomic mass is 9.82. The van der Waals surface area contributed by atoms with Crippen molar-refractivity contribution >= 4 is 34.3 Å². The highest BCUT2D eigenvalue weighted by Gasteiger charge is 2.51. The van der Waals surface area contributed by atoms with Crippen molar-refractivity contribution in [3.8, 4) is 11.3 Å². The molecular weight excluding hydrogens is 414 g/mol. The predicted octanol–water partition coefficient (Wildman–Crippen LogP) is 3.67. The lowest BCUT2D eigenvalue weighted by Gasteiger charge is -2.30. The molecule has 30 heavy (non-hydrogen) atoms. The highest BCUT2D eigenvalue weighted by atomic mass is 32.1. The number of anilines is 1. The van der Waals surface area contributed by atoms with E-state index in [4.69, 9.17) is 0 Å². The Morgan fingerprint density at radius 1 is 1.20 bits per heavy atom. The van der Waals surface area contributed by atoms with E-state index < -0.39 is 29.1 Å². The zero-order valence-electron chi connectivity index (χ0n) is 16.0. The van der Waals surface area contributed by atoms with Crippen LogP contribution >= 0.6 is 11.3 Å². The van der Waals surface area contributed by atoms with Gasteiger partial charge in [-0.15, -0.1) is 11.3 Å². The molecule has 1 aromatic heterocycles. The van der Waals surface area contributed by atoms with E-state index in [1.165, 1.54) is 6.07 Å². The van der Waals surface area contributed by atoms with Gasteiger partial charge < -0.3 is 10.6 Å². The summed E-state index contributed by atoms with van der Waals surface area (Å²) in [6, 6.07) is 3.00. The zero-order valence-corrected chi connectivity index (χ0v) is 16.9. The molecular formula is C20H20F2N4O3S. The first-order chi connectivity index (χ1) is 14.4. The van der Waals surface area contributed by atoms with E-state index in [1.54, 1.807) is 5.38 Å². The minimum Gasteiger partial charge on any atom is -0.323 e. The first kappa shape index (κ1) is 20.4. The van der Waals surface area contributed by atoms with Crippen LogP contribution in [0, 0.1) is 11.6 Å². The van der Waals surface area contributed by atoms with E-state index in [0.29, 0.717) is 29.2 Å². The van der Waals surface area contributed by atoms with Gasteiger partial charge in [-0.2, -0.15) is 0 Å². The number of aromatic nitrogens is 1. The van der Waals surface area contributed by atoms with Crippen molar-refractivity contribution in [1.29, 1.82) is 0 Å². The van der Waals surface area contributed by atoms with Crippen molar-refractivity contribution in [2.45, 2.75) is 44.1 Å². The fraction of sp³-hybridized carbons (Fsp3) is 0.400. The van der Waals surface area contributed by atoms with Crippen LogP contribution in [0.5, 0.6) is 0 Å². The first-order valence-electron chi connectivity index (χ1n) is 9.73. The molecule has 158 valence electrons. The Morgan fingerprint density at radius 3 is 2.70 bits per heavy atom. The third-order valence-electron chi connectivity index (χ3n) is 5.48. The topological polar surface area (TPSA) is 91.4 Å². The lowest BCUT2D eigenvalue weighted by molar-refractivity contribution is -0.132. The van der Waals surface area contributed by atoms with Gasteiger partial charge in [0.15, 0.2) is 16.8 Å². The van der Waals surface area contributed by atoms with Gasteiger partial charge in [0, 0.05) is 23.9 Å². The molecule has 1 spiro atoms. The smallest absolute Gasteiger partial charge is 0.323 e. The van der Waals surface area contributed by atoms with Crippen molar-refractivity contribution in [1.82, 2.24) is 15.2 Å². The summed E-state index contributed by atoms with van der Waals surface area (Å²) in [6.07, 6.45) is 4.04. The quantitative estimate of drug-likeness (QED) is 0.703. The van der Waals surface area contributed by atoms with E-state index in [2.05, 4.69) is 15.6 Å². The van der Waals surface area contributed by atoms with E-state index in [0.717, 1.165) is 47.6 Å². The third kappa shape index (κ3) is 3.91. The van der Waals surface area contributed by atoms with Gasteiger partial charge in [0.25, 0.3) is 5.91 Å². The molecule has 0 radical (unpaired) electrons. The van der Waals surface area contributed by atoms with Crippen LogP contribution in [-0.4, -0.2) is 39.8 Å². The monoisotopic (exact) mass is 434 g/mol. The summed E-state index contributed by atoms with van der Waals surface area (Å²) in [4.78, 5) is 42.5. The van der Waals surface area contributed by atoms with Gasteiger partial charge in [-0.05, 0) is 31.0 Å². The molecule has 0 atom stereocenters. The number of benzene rings is 1. The molecule has 4 rings (SSSR count). The number of imide groups is 1. The summed E-state index contributed by atoms with van der Waals surface area (Å²) in [5, 5.41) is 7.33. The molecule has 4 amide bonds. The molecule has 1 aromatic carbocycles. The molecule has 0 bridgehead atoms. The number of hydrogen-bond donors (Lipinski definition) is 2. The molecule has 1 saturated heterocycles. The Bertz CT molecular complexity index is 1000. The van der Waals surface area contributed by atoms with E-state index in [1.807, 2.05) is 0 Å². The fourth-order valence-electron chi connectivity index (χ4n) is 3.89. The number of halogens is 2. The molecule has 1 aliphatic carbocycles. The number of nitrogens with zero attached hydrogens (tertiary/aromatic N) is 2. The van der Waals surface area contributed by atoms with Gasteiger partial charge in [0.05, 0.1) is 5.69 Å². The molecule has 2 aromatic rings. The van der Waals surface area contributed by atoms with Crippen LogP contribution in [0.1, 0.15) is 38.5 Å². The Morgan fingerprint density at radius 2 is 1.97 bits per heavy atom.